The second-order valence-corrected chi connectivity index (χ2v) is 9.30. The van der Waals surface area contributed by atoms with Crippen molar-refractivity contribution in [3.8, 4) is 17.0 Å². The number of benzene rings is 3. The quantitative estimate of drug-likeness (QED) is 0.268. The van der Waals surface area contributed by atoms with Crippen molar-refractivity contribution in [1.29, 1.82) is 0 Å². The highest BCUT2D eigenvalue weighted by Gasteiger charge is 2.20. The van der Waals surface area contributed by atoms with Crippen LogP contribution >= 0.6 is 0 Å². The molecule has 0 aliphatic heterocycles. The molecule has 10 nitrogen and oxygen atoms in total. The molecule has 0 aliphatic rings. The first-order valence-corrected chi connectivity index (χ1v) is 12.4. The SMILES string of the molecule is COc1ccc(-c2cc3cc(F)c(F)cc3[nH]2)cc1NS(=O)(=O)NC(=O)OCC(=O)OCc1ccccc1. The zero-order valence-corrected chi connectivity index (χ0v) is 20.6. The van der Waals surface area contributed by atoms with Gasteiger partial charge >= 0.3 is 22.3 Å². The number of hydrogen-bond donors (Lipinski definition) is 3. The van der Waals surface area contributed by atoms with Gasteiger partial charge in [-0.3, -0.25) is 4.72 Å². The van der Waals surface area contributed by atoms with Gasteiger partial charge in [0, 0.05) is 28.2 Å². The first-order valence-electron chi connectivity index (χ1n) is 11.0. The van der Waals surface area contributed by atoms with E-state index in [1.807, 2.05) is 0 Å². The number of rotatable bonds is 9. The minimum absolute atomic E-state index is 0.0408. The average Bonchev–Trinajstić information content (AvgIpc) is 3.29. The highest BCUT2D eigenvalue weighted by Crippen LogP contribution is 2.32. The van der Waals surface area contributed by atoms with E-state index in [9.17, 15) is 26.8 Å². The number of esters is 1. The fraction of sp³-hybridized carbons (Fsp3) is 0.120. The number of H-pyrrole nitrogens is 1. The van der Waals surface area contributed by atoms with Gasteiger partial charge in [0.25, 0.3) is 0 Å². The van der Waals surface area contributed by atoms with Crippen molar-refractivity contribution in [2.45, 2.75) is 6.61 Å². The third kappa shape index (κ3) is 6.56. The van der Waals surface area contributed by atoms with Crippen molar-refractivity contribution in [1.82, 2.24) is 9.71 Å². The summed E-state index contributed by atoms with van der Waals surface area (Å²) in [7, 11) is -3.21. The lowest BCUT2D eigenvalue weighted by Gasteiger charge is -2.13. The molecule has 1 amide bonds. The molecule has 0 unspecified atom stereocenters. The number of carbonyl (C=O) groups excluding carboxylic acids is 2. The van der Waals surface area contributed by atoms with E-state index in [4.69, 9.17) is 9.47 Å². The van der Waals surface area contributed by atoms with E-state index in [1.54, 1.807) is 47.2 Å². The number of aromatic nitrogens is 1. The highest BCUT2D eigenvalue weighted by molar-refractivity contribution is 7.91. The van der Waals surface area contributed by atoms with Crippen molar-refractivity contribution in [3.63, 3.8) is 0 Å². The summed E-state index contributed by atoms with van der Waals surface area (Å²) >= 11 is 0. The summed E-state index contributed by atoms with van der Waals surface area (Å²) in [5, 5.41) is 0.406. The van der Waals surface area contributed by atoms with Gasteiger partial charge in [-0.1, -0.05) is 30.3 Å². The lowest BCUT2D eigenvalue weighted by Crippen LogP contribution is -2.36. The number of ether oxygens (including phenoxy) is 3. The molecule has 0 saturated carbocycles. The summed E-state index contributed by atoms with van der Waals surface area (Å²) in [4.78, 5) is 26.7. The van der Waals surface area contributed by atoms with Gasteiger partial charge in [-0.15, -0.1) is 0 Å². The van der Waals surface area contributed by atoms with Crippen molar-refractivity contribution < 1.29 is 41.0 Å². The molecule has 198 valence electrons. The van der Waals surface area contributed by atoms with Crippen LogP contribution in [0.2, 0.25) is 0 Å². The summed E-state index contributed by atoms with van der Waals surface area (Å²) < 4.78 is 70.7. The van der Waals surface area contributed by atoms with Crippen LogP contribution in [0.3, 0.4) is 0 Å². The Morgan fingerprint density at radius 2 is 1.68 bits per heavy atom. The average molecular weight is 546 g/mol. The summed E-state index contributed by atoms with van der Waals surface area (Å²) in [5.41, 5.74) is 1.89. The lowest BCUT2D eigenvalue weighted by atomic mass is 10.1. The molecule has 3 N–H and O–H groups in total. The molecule has 0 aliphatic carbocycles. The van der Waals surface area contributed by atoms with E-state index in [0.29, 0.717) is 22.2 Å². The van der Waals surface area contributed by atoms with Gasteiger partial charge < -0.3 is 19.2 Å². The van der Waals surface area contributed by atoms with Gasteiger partial charge in [0.1, 0.15) is 12.4 Å². The molecule has 4 aromatic rings. The van der Waals surface area contributed by atoms with Crippen LogP contribution < -0.4 is 14.2 Å². The molecule has 0 fully saturated rings. The minimum Gasteiger partial charge on any atom is -0.495 e. The number of carbonyl (C=O) groups is 2. The molecule has 13 heteroatoms. The fourth-order valence-corrected chi connectivity index (χ4v) is 4.23. The minimum atomic E-state index is -4.52. The largest absolute Gasteiger partial charge is 0.495 e. The molecule has 0 bridgehead atoms. The maximum Gasteiger partial charge on any atom is 0.422 e. The molecule has 0 saturated heterocycles. The maximum absolute atomic E-state index is 13.6. The normalized spacial score (nSPS) is 11.1. The Balaban J connectivity index is 1.40. The molecule has 0 spiro atoms. The van der Waals surface area contributed by atoms with Crippen LogP contribution in [0.5, 0.6) is 5.75 Å². The second kappa shape index (κ2) is 11.2. The molecule has 0 atom stereocenters. The van der Waals surface area contributed by atoms with Crippen LogP contribution in [0.1, 0.15) is 5.56 Å². The van der Waals surface area contributed by atoms with E-state index >= 15 is 0 Å². The number of methoxy groups -OCH3 is 1. The molecule has 0 radical (unpaired) electrons. The number of nitrogens with one attached hydrogen (secondary N) is 3. The lowest BCUT2D eigenvalue weighted by molar-refractivity contribution is -0.148. The number of halogens is 2. The fourth-order valence-electron chi connectivity index (χ4n) is 3.45. The zero-order chi connectivity index (χ0) is 27.3. The van der Waals surface area contributed by atoms with Crippen LogP contribution in [0.4, 0.5) is 19.3 Å². The maximum atomic E-state index is 13.6. The first kappa shape index (κ1) is 26.4. The van der Waals surface area contributed by atoms with Gasteiger partial charge in [0.2, 0.25) is 0 Å². The molecule has 38 heavy (non-hydrogen) atoms. The standard InChI is InChI=1S/C25H21F2N3O7S/c1-35-23-8-7-16(20-11-17-9-18(26)19(27)12-21(17)28-20)10-22(23)29-38(33,34)30-25(32)37-14-24(31)36-13-15-5-3-2-4-6-15/h2-12,28-29H,13-14H2,1H3,(H,30,32). The summed E-state index contributed by atoms with van der Waals surface area (Å²) in [5.74, 6) is -2.78. The van der Waals surface area contributed by atoms with E-state index in [0.717, 1.165) is 17.7 Å². The Morgan fingerprint density at radius 1 is 0.947 bits per heavy atom. The number of hydrogen-bond acceptors (Lipinski definition) is 7. The molecule has 4 rings (SSSR count). The van der Waals surface area contributed by atoms with Crippen LogP contribution in [0.25, 0.3) is 22.2 Å². The first-order chi connectivity index (χ1) is 18.1. The predicted molar refractivity (Wildman–Crippen MR) is 133 cm³/mol. The Kier molecular flexibility index (Phi) is 7.76. The van der Waals surface area contributed by atoms with Crippen LogP contribution in [-0.2, 0) is 31.1 Å². The summed E-state index contributed by atoms with van der Waals surface area (Å²) in [6.45, 7) is -0.852. The van der Waals surface area contributed by atoms with Gasteiger partial charge in [-0.05, 0) is 35.9 Å². The Hall–Kier alpha value is -4.65. The van der Waals surface area contributed by atoms with Crippen molar-refractivity contribution in [3.05, 3.63) is 83.9 Å². The summed E-state index contributed by atoms with van der Waals surface area (Å²) in [6.07, 6.45) is -1.41. The molecule has 3 aromatic carbocycles. The van der Waals surface area contributed by atoms with E-state index in [1.165, 1.54) is 19.2 Å². The topological polar surface area (TPSA) is 136 Å². The van der Waals surface area contributed by atoms with Crippen LogP contribution in [-0.4, -0.2) is 39.2 Å². The highest BCUT2D eigenvalue weighted by atomic mass is 32.2. The third-order valence-corrected chi connectivity index (χ3v) is 6.12. The summed E-state index contributed by atoms with van der Waals surface area (Å²) in [6, 6.07) is 16.8. The zero-order valence-electron chi connectivity index (χ0n) is 19.8. The van der Waals surface area contributed by atoms with E-state index in [2.05, 4.69) is 14.4 Å². The Morgan fingerprint density at radius 3 is 2.42 bits per heavy atom. The second-order valence-electron chi connectivity index (χ2n) is 7.88. The molecule has 1 aromatic heterocycles. The number of anilines is 1. The van der Waals surface area contributed by atoms with Gasteiger partial charge in [0.15, 0.2) is 18.2 Å². The Labute approximate surface area is 215 Å². The van der Waals surface area contributed by atoms with Gasteiger partial charge in [-0.2, -0.15) is 8.42 Å². The van der Waals surface area contributed by atoms with Crippen molar-refractivity contribution in [2.75, 3.05) is 18.4 Å². The smallest absolute Gasteiger partial charge is 0.422 e. The molecular weight excluding hydrogens is 524 g/mol. The predicted octanol–water partition coefficient (Wildman–Crippen LogP) is 4.25. The van der Waals surface area contributed by atoms with Gasteiger partial charge in [0.05, 0.1) is 12.8 Å². The number of amides is 1. The Bertz CT molecular complexity index is 1550. The molecule has 1 heterocycles. The van der Waals surface area contributed by atoms with Crippen molar-refractivity contribution >= 4 is 38.9 Å². The monoisotopic (exact) mass is 545 g/mol. The number of aromatic amines is 1. The van der Waals surface area contributed by atoms with Gasteiger partial charge in [-0.25, -0.2) is 23.1 Å². The van der Waals surface area contributed by atoms with Crippen LogP contribution in [0.15, 0.2) is 66.7 Å². The third-order valence-electron chi connectivity index (χ3n) is 5.20. The number of fused-ring (bicyclic) bond motifs is 1. The van der Waals surface area contributed by atoms with E-state index < -0.39 is 40.5 Å². The molecular formula is C25H21F2N3O7S. The van der Waals surface area contributed by atoms with Crippen molar-refractivity contribution in [2.24, 2.45) is 0 Å². The van der Waals surface area contributed by atoms with Crippen LogP contribution in [0, 0.1) is 11.6 Å². The van der Waals surface area contributed by atoms with E-state index in [-0.39, 0.29) is 18.0 Å².